The van der Waals surface area contributed by atoms with Crippen LogP contribution in [0.25, 0.3) is 0 Å². The summed E-state index contributed by atoms with van der Waals surface area (Å²) in [6, 6.07) is 0. The molecule has 0 aliphatic heterocycles. The summed E-state index contributed by atoms with van der Waals surface area (Å²) in [5.41, 5.74) is 7.38. The molecule has 0 aliphatic carbocycles. The highest BCUT2D eigenvalue weighted by Crippen LogP contribution is 2.17. The molecule has 3 heteroatoms. The van der Waals surface area contributed by atoms with E-state index in [1.165, 1.54) is 5.56 Å². The minimum absolute atomic E-state index is 0.0525. The fraction of sp³-hybridized carbons (Fsp3) is 0.700. The average Bonchev–Trinajstić information content (AvgIpc) is 2.51. The molecule has 0 aliphatic rings. The van der Waals surface area contributed by atoms with Crippen molar-refractivity contribution in [3.05, 3.63) is 18.0 Å². The van der Waals surface area contributed by atoms with Crippen LogP contribution in [-0.2, 0) is 13.5 Å². The predicted molar refractivity (Wildman–Crippen MR) is 54.4 cm³/mol. The maximum atomic E-state index is 6.20. The molecule has 0 fully saturated rings. The van der Waals surface area contributed by atoms with Gasteiger partial charge in [-0.3, -0.25) is 4.68 Å². The highest BCUT2D eigenvalue weighted by atomic mass is 15.2. The summed E-state index contributed by atoms with van der Waals surface area (Å²) in [5, 5.41) is 4.13. The lowest BCUT2D eigenvalue weighted by atomic mass is 9.88. The van der Waals surface area contributed by atoms with E-state index in [9.17, 15) is 0 Å². The topological polar surface area (TPSA) is 43.8 Å². The van der Waals surface area contributed by atoms with Crippen molar-refractivity contribution in [2.24, 2.45) is 12.8 Å². The summed E-state index contributed by atoms with van der Waals surface area (Å²) in [6.45, 7) is 4.28. The van der Waals surface area contributed by atoms with E-state index in [2.05, 4.69) is 18.9 Å². The first kappa shape index (κ1) is 10.3. The zero-order valence-corrected chi connectivity index (χ0v) is 8.75. The third-order valence-corrected chi connectivity index (χ3v) is 2.72. The SMILES string of the molecule is CCC(N)(CC)Cc1cnn(C)c1. The van der Waals surface area contributed by atoms with E-state index < -0.39 is 0 Å². The number of nitrogens with zero attached hydrogens (tertiary/aromatic N) is 2. The van der Waals surface area contributed by atoms with Crippen LogP contribution < -0.4 is 5.73 Å². The van der Waals surface area contributed by atoms with Crippen molar-refractivity contribution in [3.63, 3.8) is 0 Å². The van der Waals surface area contributed by atoms with Gasteiger partial charge in [-0.1, -0.05) is 13.8 Å². The summed E-state index contributed by atoms with van der Waals surface area (Å²) < 4.78 is 1.82. The summed E-state index contributed by atoms with van der Waals surface area (Å²) in [5.74, 6) is 0. The minimum atomic E-state index is -0.0525. The van der Waals surface area contributed by atoms with Gasteiger partial charge in [-0.25, -0.2) is 0 Å². The van der Waals surface area contributed by atoms with Crippen LogP contribution in [0.4, 0.5) is 0 Å². The maximum Gasteiger partial charge on any atom is 0.0522 e. The van der Waals surface area contributed by atoms with E-state index in [0.29, 0.717) is 0 Å². The molecule has 0 radical (unpaired) electrons. The Morgan fingerprint density at radius 2 is 2.08 bits per heavy atom. The Morgan fingerprint density at radius 1 is 1.46 bits per heavy atom. The van der Waals surface area contributed by atoms with Crippen molar-refractivity contribution in [1.82, 2.24) is 9.78 Å². The fourth-order valence-corrected chi connectivity index (χ4v) is 1.47. The Kier molecular flexibility index (Phi) is 3.09. The van der Waals surface area contributed by atoms with Gasteiger partial charge in [0.05, 0.1) is 6.20 Å². The molecule has 0 spiro atoms. The molecule has 2 N–H and O–H groups in total. The number of hydrogen-bond acceptors (Lipinski definition) is 2. The van der Waals surface area contributed by atoms with Crippen molar-refractivity contribution in [2.75, 3.05) is 0 Å². The number of nitrogens with two attached hydrogens (primary N) is 1. The van der Waals surface area contributed by atoms with Gasteiger partial charge in [-0.05, 0) is 24.8 Å². The minimum Gasteiger partial charge on any atom is -0.325 e. The average molecular weight is 181 g/mol. The summed E-state index contributed by atoms with van der Waals surface area (Å²) in [6.07, 6.45) is 6.88. The first-order valence-electron chi connectivity index (χ1n) is 4.86. The summed E-state index contributed by atoms with van der Waals surface area (Å²) in [7, 11) is 1.93. The molecule has 13 heavy (non-hydrogen) atoms. The van der Waals surface area contributed by atoms with Gasteiger partial charge in [0.1, 0.15) is 0 Å². The molecular weight excluding hydrogens is 162 g/mol. The molecule has 0 saturated carbocycles. The van der Waals surface area contributed by atoms with Crippen molar-refractivity contribution in [3.8, 4) is 0 Å². The van der Waals surface area contributed by atoms with Crippen LogP contribution in [0.15, 0.2) is 12.4 Å². The van der Waals surface area contributed by atoms with Crippen LogP contribution >= 0.6 is 0 Å². The third-order valence-electron chi connectivity index (χ3n) is 2.72. The second-order valence-corrected chi connectivity index (χ2v) is 3.77. The summed E-state index contributed by atoms with van der Waals surface area (Å²) in [4.78, 5) is 0. The van der Waals surface area contributed by atoms with E-state index in [4.69, 9.17) is 5.73 Å². The summed E-state index contributed by atoms with van der Waals surface area (Å²) >= 11 is 0. The standard InChI is InChI=1S/C10H19N3/c1-4-10(11,5-2)6-9-7-12-13(3)8-9/h7-8H,4-6,11H2,1-3H3. The van der Waals surface area contributed by atoms with Crippen LogP contribution in [0.1, 0.15) is 32.3 Å². The molecule has 1 aromatic heterocycles. The molecule has 0 unspecified atom stereocenters. The second kappa shape index (κ2) is 3.92. The molecule has 74 valence electrons. The Balaban J connectivity index is 2.67. The quantitative estimate of drug-likeness (QED) is 0.764. The maximum absolute atomic E-state index is 6.20. The molecule has 3 nitrogen and oxygen atoms in total. The van der Waals surface area contributed by atoms with Gasteiger partial charge in [0.15, 0.2) is 0 Å². The lowest BCUT2D eigenvalue weighted by Gasteiger charge is -2.25. The van der Waals surface area contributed by atoms with Crippen LogP contribution in [0.2, 0.25) is 0 Å². The zero-order valence-electron chi connectivity index (χ0n) is 8.75. The fourth-order valence-electron chi connectivity index (χ4n) is 1.47. The highest BCUT2D eigenvalue weighted by Gasteiger charge is 2.20. The van der Waals surface area contributed by atoms with Gasteiger partial charge in [0.2, 0.25) is 0 Å². The van der Waals surface area contributed by atoms with Crippen LogP contribution in [0.3, 0.4) is 0 Å². The normalized spacial score (nSPS) is 12.0. The van der Waals surface area contributed by atoms with Gasteiger partial charge in [-0.15, -0.1) is 0 Å². The van der Waals surface area contributed by atoms with Crippen molar-refractivity contribution in [1.29, 1.82) is 0 Å². The molecule has 0 aromatic carbocycles. The first-order valence-corrected chi connectivity index (χ1v) is 4.86. The van der Waals surface area contributed by atoms with E-state index in [1.54, 1.807) is 0 Å². The van der Waals surface area contributed by atoms with Crippen LogP contribution in [0, 0.1) is 0 Å². The highest BCUT2D eigenvalue weighted by molar-refractivity contribution is 5.09. The lowest BCUT2D eigenvalue weighted by molar-refractivity contribution is 0.393. The lowest BCUT2D eigenvalue weighted by Crippen LogP contribution is -2.40. The number of rotatable bonds is 4. The monoisotopic (exact) mass is 181 g/mol. The number of aromatic nitrogens is 2. The van der Waals surface area contributed by atoms with Gasteiger partial charge >= 0.3 is 0 Å². The number of aryl methyl sites for hydroxylation is 1. The zero-order chi connectivity index (χ0) is 9.90. The van der Waals surface area contributed by atoms with Crippen molar-refractivity contribution < 1.29 is 0 Å². The van der Waals surface area contributed by atoms with Crippen molar-refractivity contribution >= 4 is 0 Å². The van der Waals surface area contributed by atoms with E-state index in [0.717, 1.165) is 19.3 Å². The Morgan fingerprint density at radius 3 is 2.46 bits per heavy atom. The number of hydrogen-bond donors (Lipinski definition) is 1. The third kappa shape index (κ3) is 2.56. The smallest absolute Gasteiger partial charge is 0.0522 e. The molecule has 1 rings (SSSR count). The molecule has 1 aromatic rings. The van der Waals surface area contributed by atoms with Gasteiger partial charge in [0, 0.05) is 18.8 Å². The Bertz CT molecular complexity index is 261. The van der Waals surface area contributed by atoms with Crippen LogP contribution in [0.5, 0.6) is 0 Å². The molecule has 1 heterocycles. The molecule has 0 saturated heterocycles. The second-order valence-electron chi connectivity index (χ2n) is 3.77. The molecule has 0 bridgehead atoms. The Hall–Kier alpha value is -0.830. The molecule has 0 amide bonds. The van der Waals surface area contributed by atoms with E-state index >= 15 is 0 Å². The van der Waals surface area contributed by atoms with Gasteiger partial charge in [-0.2, -0.15) is 5.10 Å². The van der Waals surface area contributed by atoms with Crippen LogP contribution in [-0.4, -0.2) is 15.3 Å². The van der Waals surface area contributed by atoms with E-state index in [-0.39, 0.29) is 5.54 Å². The van der Waals surface area contributed by atoms with Gasteiger partial charge in [0.25, 0.3) is 0 Å². The molecular formula is C10H19N3. The van der Waals surface area contributed by atoms with Crippen molar-refractivity contribution in [2.45, 2.75) is 38.6 Å². The Labute approximate surface area is 79.9 Å². The predicted octanol–water partition coefficient (Wildman–Crippen LogP) is 1.48. The largest absolute Gasteiger partial charge is 0.325 e. The van der Waals surface area contributed by atoms with Gasteiger partial charge < -0.3 is 5.73 Å². The molecule has 0 atom stereocenters. The first-order chi connectivity index (χ1) is 6.09. The van der Waals surface area contributed by atoms with E-state index in [1.807, 2.05) is 24.1 Å².